The van der Waals surface area contributed by atoms with Gasteiger partial charge in [0.25, 0.3) is 0 Å². The first kappa shape index (κ1) is 27.7. The van der Waals surface area contributed by atoms with Gasteiger partial charge in [-0.15, -0.1) is 0 Å². The van der Waals surface area contributed by atoms with Gasteiger partial charge in [0, 0.05) is 60.2 Å². The van der Waals surface area contributed by atoms with Gasteiger partial charge in [0.05, 0.1) is 21.8 Å². The number of anilines is 2. The van der Waals surface area contributed by atoms with Crippen LogP contribution in [0.25, 0.3) is 32.2 Å². The molecule has 4 aromatic rings. The van der Waals surface area contributed by atoms with Crippen molar-refractivity contribution < 1.29 is 13.5 Å². The van der Waals surface area contributed by atoms with Gasteiger partial charge in [0.15, 0.2) is 10.9 Å². The van der Waals surface area contributed by atoms with Gasteiger partial charge < -0.3 is 20.7 Å². The second-order valence-corrected chi connectivity index (χ2v) is 14.0. The maximum atomic E-state index is 16.7. The molecule has 4 unspecified atom stereocenters. The summed E-state index contributed by atoms with van der Waals surface area (Å²) in [5, 5.41) is 4.56. The van der Waals surface area contributed by atoms with Gasteiger partial charge >= 0.3 is 6.01 Å². The first-order valence-corrected chi connectivity index (χ1v) is 16.5. The molecule has 0 saturated carbocycles. The first-order chi connectivity index (χ1) is 20.9. The summed E-state index contributed by atoms with van der Waals surface area (Å²) in [5.41, 5.74) is 6.81. The van der Waals surface area contributed by atoms with E-state index in [2.05, 4.69) is 25.1 Å². The molecule has 226 valence electrons. The molecule has 4 saturated heterocycles. The minimum Gasteiger partial charge on any atom is -0.463 e. The molecule has 0 radical (unpaired) electrons. The Labute approximate surface area is 257 Å². The second kappa shape index (κ2) is 10.9. The number of thiazole rings is 1. The maximum absolute atomic E-state index is 16.7. The number of benzene rings is 2. The normalized spacial score (nSPS) is 25.9. The largest absolute Gasteiger partial charge is 0.463 e. The molecule has 8 rings (SSSR count). The molecule has 0 amide bonds. The number of hydrogen-bond donors (Lipinski definition) is 2. The summed E-state index contributed by atoms with van der Waals surface area (Å²) < 4.78 is 37.9. The molecule has 12 heteroatoms. The van der Waals surface area contributed by atoms with Crippen LogP contribution in [-0.2, 0) is 0 Å². The maximum Gasteiger partial charge on any atom is 0.319 e. The van der Waals surface area contributed by atoms with E-state index in [0.717, 1.165) is 56.8 Å². The smallest absolute Gasteiger partial charge is 0.319 e. The minimum absolute atomic E-state index is 0.115. The van der Waals surface area contributed by atoms with Crippen molar-refractivity contribution in [3.8, 4) is 17.1 Å². The van der Waals surface area contributed by atoms with E-state index < -0.39 is 11.6 Å². The lowest BCUT2D eigenvalue weighted by Crippen LogP contribution is -2.51. The summed E-state index contributed by atoms with van der Waals surface area (Å²) in [5.74, 6) is -0.0621. The third-order valence-electron chi connectivity index (χ3n) is 9.74. The zero-order valence-corrected chi connectivity index (χ0v) is 25.4. The van der Waals surface area contributed by atoms with Crippen LogP contribution in [0, 0.1) is 17.6 Å². The van der Waals surface area contributed by atoms with Crippen molar-refractivity contribution in [2.75, 3.05) is 43.4 Å². The number of nitrogens with two attached hydrogens (primary N) is 1. The fourth-order valence-electron chi connectivity index (χ4n) is 7.68. The number of rotatable bonds is 5. The van der Waals surface area contributed by atoms with Gasteiger partial charge in [-0.1, -0.05) is 29.4 Å². The van der Waals surface area contributed by atoms with Crippen LogP contribution in [0.4, 0.5) is 19.7 Å². The molecule has 6 heterocycles. The molecule has 8 nitrogen and oxygen atoms in total. The van der Waals surface area contributed by atoms with E-state index >= 15 is 4.39 Å². The van der Waals surface area contributed by atoms with E-state index in [1.165, 1.54) is 37.8 Å². The van der Waals surface area contributed by atoms with Crippen molar-refractivity contribution in [1.82, 2.24) is 25.2 Å². The monoisotopic (exact) mass is 625 g/mol. The number of nitrogens with zero attached hydrogens (tertiary/aromatic N) is 5. The fraction of sp³-hybridized carbons (Fsp3) is 0.516. The summed E-state index contributed by atoms with van der Waals surface area (Å²) in [4.78, 5) is 18.6. The Morgan fingerprint density at radius 1 is 1.00 bits per heavy atom. The molecule has 2 aromatic carbocycles. The van der Waals surface area contributed by atoms with Crippen LogP contribution < -0.4 is 20.7 Å². The lowest BCUT2D eigenvalue weighted by molar-refractivity contribution is 0.0549. The Morgan fingerprint density at radius 2 is 1.84 bits per heavy atom. The SMILES string of the molecule is Nc1nc2c(-c3c(Cl)cc4c(N5CC6CCC(C5)N6)nc(OCC5CCC6CCCCN6C5)nc4c3F)ccc(F)c2s1. The molecule has 2 bridgehead atoms. The topological polar surface area (TPSA) is 92.4 Å². The molecule has 43 heavy (non-hydrogen) atoms. The lowest BCUT2D eigenvalue weighted by atomic mass is 9.88. The standard InChI is InChI=1S/C31H34ClF2N7OS/c32-22-11-21-26(25(34)24(22)20-8-9-23(33)28-27(20)37-30(35)43-28)38-31(39-29(21)41-13-17-5-6-18(14-41)36-17)42-15-16-4-7-19-3-1-2-10-40(19)12-16/h8-9,11,16-19,36H,1-7,10,12-15H2,(H2,35,37). The molecule has 4 aliphatic heterocycles. The van der Waals surface area contributed by atoms with E-state index in [1.54, 1.807) is 6.07 Å². The summed E-state index contributed by atoms with van der Waals surface area (Å²) in [7, 11) is 0. The summed E-state index contributed by atoms with van der Waals surface area (Å²) in [6.45, 7) is 4.17. The highest BCUT2D eigenvalue weighted by Crippen LogP contribution is 2.43. The Kier molecular flexibility index (Phi) is 7.04. The molecule has 0 spiro atoms. The van der Waals surface area contributed by atoms with Crippen LogP contribution in [0.1, 0.15) is 44.9 Å². The number of aromatic nitrogens is 3. The molecule has 0 aliphatic carbocycles. The quantitative estimate of drug-likeness (QED) is 0.279. The number of hydrogen-bond acceptors (Lipinski definition) is 9. The molecule has 4 atom stereocenters. The molecule has 4 aliphatic rings. The highest BCUT2D eigenvalue weighted by Gasteiger charge is 2.35. The highest BCUT2D eigenvalue weighted by molar-refractivity contribution is 7.22. The lowest BCUT2D eigenvalue weighted by Gasteiger charge is -2.42. The van der Waals surface area contributed by atoms with Crippen molar-refractivity contribution in [1.29, 1.82) is 0 Å². The van der Waals surface area contributed by atoms with Crippen molar-refractivity contribution in [2.45, 2.75) is 63.1 Å². The van der Waals surface area contributed by atoms with Crippen molar-refractivity contribution in [3.63, 3.8) is 0 Å². The van der Waals surface area contributed by atoms with Crippen molar-refractivity contribution in [3.05, 3.63) is 34.9 Å². The Hall–Kier alpha value is -2.86. The molecule has 4 fully saturated rings. The second-order valence-electron chi connectivity index (χ2n) is 12.5. The molecular weight excluding hydrogens is 592 g/mol. The third-order valence-corrected chi connectivity index (χ3v) is 10.9. The van der Waals surface area contributed by atoms with Gasteiger partial charge in [-0.25, -0.2) is 13.8 Å². The van der Waals surface area contributed by atoms with E-state index in [-0.39, 0.29) is 37.5 Å². The predicted octanol–water partition coefficient (Wildman–Crippen LogP) is 6.00. The van der Waals surface area contributed by atoms with Gasteiger partial charge in [-0.3, -0.25) is 4.90 Å². The van der Waals surface area contributed by atoms with Gasteiger partial charge in [0.1, 0.15) is 17.2 Å². The van der Waals surface area contributed by atoms with Crippen LogP contribution >= 0.6 is 22.9 Å². The van der Waals surface area contributed by atoms with E-state index in [4.69, 9.17) is 27.1 Å². The fourth-order valence-corrected chi connectivity index (χ4v) is 8.74. The summed E-state index contributed by atoms with van der Waals surface area (Å²) in [6.07, 6.45) is 8.36. The van der Waals surface area contributed by atoms with Crippen LogP contribution in [0.3, 0.4) is 0 Å². The molecular formula is C31H34ClF2N7OS. The van der Waals surface area contributed by atoms with Crippen molar-refractivity contribution in [2.24, 2.45) is 5.92 Å². The Bertz CT molecular complexity index is 1710. The minimum atomic E-state index is -0.609. The number of ether oxygens (including phenoxy) is 1. The van der Waals surface area contributed by atoms with Crippen molar-refractivity contribution >= 4 is 55.0 Å². The number of piperazine rings is 1. The van der Waals surface area contributed by atoms with E-state index in [9.17, 15) is 4.39 Å². The number of nitrogen functional groups attached to an aromatic ring is 1. The zero-order valence-electron chi connectivity index (χ0n) is 23.8. The average Bonchev–Trinajstić information content (AvgIpc) is 3.58. The van der Waals surface area contributed by atoms with Gasteiger partial charge in [0.2, 0.25) is 0 Å². The number of halogens is 3. The number of nitrogens with one attached hydrogen (secondary N) is 1. The average molecular weight is 626 g/mol. The van der Waals surface area contributed by atoms with E-state index in [1.807, 2.05) is 0 Å². The van der Waals surface area contributed by atoms with E-state index in [0.29, 0.717) is 47.4 Å². The highest BCUT2D eigenvalue weighted by atomic mass is 35.5. The Morgan fingerprint density at radius 3 is 2.67 bits per heavy atom. The van der Waals surface area contributed by atoms with Crippen LogP contribution in [0.2, 0.25) is 5.02 Å². The van der Waals surface area contributed by atoms with Crippen LogP contribution in [-0.4, -0.2) is 70.8 Å². The van der Waals surface area contributed by atoms with Crippen LogP contribution in [0.5, 0.6) is 6.01 Å². The third kappa shape index (κ3) is 4.98. The number of fused-ring (bicyclic) bond motifs is 5. The Balaban J connectivity index is 1.20. The number of piperidine rings is 2. The zero-order chi connectivity index (χ0) is 29.2. The molecule has 3 N–H and O–H groups in total. The first-order valence-electron chi connectivity index (χ1n) is 15.3. The predicted molar refractivity (Wildman–Crippen MR) is 167 cm³/mol. The summed E-state index contributed by atoms with van der Waals surface area (Å²) in [6, 6.07) is 6.09. The van der Waals surface area contributed by atoms with Gasteiger partial charge in [-0.05, 0) is 63.3 Å². The molecule has 2 aromatic heterocycles. The van der Waals surface area contributed by atoms with Crippen LogP contribution in [0.15, 0.2) is 18.2 Å². The summed E-state index contributed by atoms with van der Waals surface area (Å²) >= 11 is 7.84. The van der Waals surface area contributed by atoms with Gasteiger partial charge in [-0.2, -0.15) is 9.97 Å².